The van der Waals surface area contributed by atoms with E-state index < -0.39 is 11.7 Å². The quantitative estimate of drug-likeness (QED) is 0.364. The Morgan fingerprint density at radius 1 is 1.06 bits per heavy atom. The first-order valence-corrected chi connectivity index (χ1v) is 10.7. The molecule has 4 rings (SSSR count). The van der Waals surface area contributed by atoms with Gasteiger partial charge in [-0.3, -0.25) is 9.36 Å². The number of nitrogens with zero attached hydrogens (tertiary/aromatic N) is 4. The van der Waals surface area contributed by atoms with Crippen molar-refractivity contribution in [1.29, 1.82) is 0 Å². The number of fused-ring (bicyclic) bond motifs is 1. The molecule has 0 N–H and O–H groups in total. The van der Waals surface area contributed by atoms with Gasteiger partial charge in [0.2, 0.25) is 5.91 Å². The number of benzene rings is 2. The standard InChI is InChI=1S/C23H19F3N4OS/c1-29(18-9-3-2-4-10-18)20(31)14-30-21-19(11-6-12-27-21)28-22(30)32-15-16-7-5-8-17(13-16)23(24,25)26/h2-13H,14-15H2,1H3. The van der Waals surface area contributed by atoms with E-state index in [0.717, 1.165) is 17.8 Å². The summed E-state index contributed by atoms with van der Waals surface area (Å²) < 4.78 is 40.8. The minimum absolute atomic E-state index is 0.00380. The average molecular weight is 456 g/mol. The lowest BCUT2D eigenvalue weighted by atomic mass is 10.1. The highest BCUT2D eigenvalue weighted by Crippen LogP contribution is 2.32. The molecule has 0 bridgehead atoms. The third kappa shape index (κ3) is 4.77. The molecule has 0 spiro atoms. The number of imidazole rings is 1. The van der Waals surface area contributed by atoms with Crippen molar-refractivity contribution in [2.75, 3.05) is 11.9 Å². The van der Waals surface area contributed by atoms with Gasteiger partial charge in [-0.25, -0.2) is 9.97 Å². The van der Waals surface area contributed by atoms with Crippen LogP contribution in [-0.4, -0.2) is 27.5 Å². The number of anilines is 1. The zero-order valence-corrected chi connectivity index (χ0v) is 17.9. The lowest BCUT2D eigenvalue weighted by Gasteiger charge is -2.18. The largest absolute Gasteiger partial charge is 0.416 e. The third-order valence-electron chi connectivity index (χ3n) is 4.90. The highest BCUT2D eigenvalue weighted by atomic mass is 32.2. The van der Waals surface area contributed by atoms with E-state index in [1.165, 1.54) is 17.8 Å². The summed E-state index contributed by atoms with van der Waals surface area (Å²) in [6.07, 6.45) is -2.78. The molecule has 5 nitrogen and oxygen atoms in total. The molecule has 9 heteroatoms. The Morgan fingerprint density at radius 3 is 2.59 bits per heavy atom. The summed E-state index contributed by atoms with van der Waals surface area (Å²) in [7, 11) is 1.69. The van der Waals surface area contributed by atoms with Crippen molar-refractivity contribution in [3.63, 3.8) is 0 Å². The van der Waals surface area contributed by atoms with E-state index in [-0.39, 0.29) is 18.2 Å². The zero-order chi connectivity index (χ0) is 22.7. The van der Waals surface area contributed by atoms with E-state index in [9.17, 15) is 18.0 Å². The number of amides is 1. The fourth-order valence-corrected chi connectivity index (χ4v) is 4.16. The smallest absolute Gasteiger partial charge is 0.314 e. The van der Waals surface area contributed by atoms with E-state index in [1.54, 1.807) is 40.9 Å². The minimum Gasteiger partial charge on any atom is -0.314 e. The fraction of sp³-hybridized carbons (Fsp3) is 0.174. The van der Waals surface area contributed by atoms with Crippen LogP contribution in [0.15, 0.2) is 78.1 Å². The number of halogens is 3. The number of carbonyl (C=O) groups is 1. The molecule has 0 aliphatic rings. The van der Waals surface area contributed by atoms with Gasteiger partial charge in [-0.1, -0.05) is 48.2 Å². The van der Waals surface area contributed by atoms with E-state index in [0.29, 0.717) is 21.9 Å². The van der Waals surface area contributed by atoms with Crippen LogP contribution in [0.1, 0.15) is 11.1 Å². The van der Waals surface area contributed by atoms with Gasteiger partial charge in [0.1, 0.15) is 12.1 Å². The van der Waals surface area contributed by atoms with E-state index >= 15 is 0 Å². The van der Waals surface area contributed by atoms with E-state index in [1.807, 2.05) is 30.3 Å². The van der Waals surface area contributed by atoms with Crippen molar-refractivity contribution in [2.24, 2.45) is 0 Å². The van der Waals surface area contributed by atoms with Crippen molar-refractivity contribution in [1.82, 2.24) is 14.5 Å². The van der Waals surface area contributed by atoms with Crippen LogP contribution in [0, 0.1) is 0 Å². The SMILES string of the molecule is CN(C(=O)Cn1c(SCc2cccc(C(F)(F)F)c2)nc2cccnc21)c1ccccc1. The van der Waals surface area contributed by atoms with Crippen LogP contribution in [0.5, 0.6) is 0 Å². The minimum atomic E-state index is -4.40. The van der Waals surface area contributed by atoms with Gasteiger partial charge in [-0.2, -0.15) is 13.2 Å². The zero-order valence-electron chi connectivity index (χ0n) is 17.1. The molecule has 32 heavy (non-hydrogen) atoms. The van der Waals surface area contributed by atoms with Crippen molar-refractivity contribution in [2.45, 2.75) is 23.6 Å². The second-order valence-electron chi connectivity index (χ2n) is 7.10. The van der Waals surface area contributed by atoms with Crippen molar-refractivity contribution in [3.05, 3.63) is 84.1 Å². The van der Waals surface area contributed by atoms with Crippen LogP contribution < -0.4 is 4.90 Å². The Balaban J connectivity index is 1.59. The molecule has 2 aromatic heterocycles. The fourth-order valence-electron chi connectivity index (χ4n) is 3.21. The number of hydrogen-bond acceptors (Lipinski definition) is 4. The number of carbonyl (C=O) groups excluding carboxylic acids is 1. The highest BCUT2D eigenvalue weighted by Gasteiger charge is 2.30. The van der Waals surface area contributed by atoms with Crippen LogP contribution in [-0.2, 0) is 23.3 Å². The molecule has 0 saturated heterocycles. The first kappa shape index (κ1) is 21.9. The molecule has 1 amide bonds. The first-order chi connectivity index (χ1) is 15.3. The van der Waals surface area contributed by atoms with Gasteiger partial charge < -0.3 is 4.90 Å². The molecule has 0 radical (unpaired) electrons. The monoisotopic (exact) mass is 456 g/mol. The number of rotatable bonds is 6. The number of aromatic nitrogens is 3. The Labute approximate surface area is 186 Å². The van der Waals surface area contributed by atoms with Crippen LogP contribution in [0.25, 0.3) is 11.2 Å². The lowest BCUT2D eigenvalue weighted by Crippen LogP contribution is -2.30. The summed E-state index contributed by atoms with van der Waals surface area (Å²) in [5, 5.41) is 0.519. The molecule has 0 unspecified atom stereocenters. The van der Waals surface area contributed by atoms with Crippen molar-refractivity contribution in [3.8, 4) is 0 Å². The van der Waals surface area contributed by atoms with Gasteiger partial charge in [0.25, 0.3) is 0 Å². The summed E-state index contributed by atoms with van der Waals surface area (Å²) in [5.41, 5.74) is 1.76. The third-order valence-corrected chi connectivity index (χ3v) is 5.95. The predicted molar refractivity (Wildman–Crippen MR) is 118 cm³/mol. The topological polar surface area (TPSA) is 51.0 Å². The molecule has 0 saturated carbocycles. The van der Waals surface area contributed by atoms with Gasteiger partial charge in [-0.05, 0) is 35.9 Å². The summed E-state index contributed by atoms with van der Waals surface area (Å²) >= 11 is 1.27. The molecule has 2 aromatic carbocycles. The summed E-state index contributed by atoms with van der Waals surface area (Å²) in [5.74, 6) is 0.109. The summed E-state index contributed by atoms with van der Waals surface area (Å²) in [6, 6.07) is 18.0. The molecule has 0 aliphatic carbocycles. The maximum atomic E-state index is 13.0. The second-order valence-corrected chi connectivity index (χ2v) is 8.04. The second kappa shape index (κ2) is 9.04. The Kier molecular flexibility index (Phi) is 6.18. The van der Waals surface area contributed by atoms with Crippen LogP contribution in [0.4, 0.5) is 18.9 Å². The highest BCUT2D eigenvalue weighted by molar-refractivity contribution is 7.98. The van der Waals surface area contributed by atoms with Crippen molar-refractivity contribution < 1.29 is 18.0 Å². The molecule has 164 valence electrons. The number of hydrogen-bond donors (Lipinski definition) is 0. The van der Waals surface area contributed by atoms with Crippen LogP contribution in [0.2, 0.25) is 0 Å². The lowest BCUT2D eigenvalue weighted by molar-refractivity contribution is -0.137. The molecule has 0 aliphatic heterocycles. The first-order valence-electron chi connectivity index (χ1n) is 9.75. The Morgan fingerprint density at radius 2 is 1.84 bits per heavy atom. The normalized spacial score (nSPS) is 11.6. The molecule has 4 aromatic rings. The molecule has 0 fully saturated rings. The van der Waals surface area contributed by atoms with Gasteiger partial charge in [0, 0.05) is 24.7 Å². The van der Waals surface area contributed by atoms with Gasteiger partial charge in [-0.15, -0.1) is 0 Å². The number of alkyl halides is 3. The molecular formula is C23H19F3N4OS. The number of thioether (sulfide) groups is 1. The average Bonchev–Trinajstić information content (AvgIpc) is 3.14. The number of pyridine rings is 1. The van der Waals surface area contributed by atoms with Crippen LogP contribution in [0.3, 0.4) is 0 Å². The van der Waals surface area contributed by atoms with E-state index in [2.05, 4.69) is 9.97 Å². The Hall–Kier alpha value is -3.33. The number of para-hydroxylation sites is 1. The predicted octanol–water partition coefficient (Wildman–Crippen LogP) is 5.41. The maximum absolute atomic E-state index is 13.0. The summed E-state index contributed by atoms with van der Waals surface area (Å²) in [6.45, 7) is 0.00380. The number of likely N-dealkylation sites (N-methyl/N-ethyl adjacent to an activating group) is 1. The molecule has 0 atom stereocenters. The Bertz CT molecular complexity index is 1240. The molecule has 2 heterocycles. The summed E-state index contributed by atoms with van der Waals surface area (Å²) in [4.78, 5) is 23.4. The van der Waals surface area contributed by atoms with Crippen LogP contribution >= 0.6 is 11.8 Å². The van der Waals surface area contributed by atoms with Gasteiger partial charge in [0.05, 0.1) is 5.56 Å². The van der Waals surface area contributed by atoms with Gasteiger partial charge >= 0.3 is 6.18 Å². The maximum Gasteiger partial charge on any atom is 0.416 e. The van der Waals surface area contributed by atoms with Crippen molar-refractivity contribution >= 4 is 34.5 Å². The van der Waals surface area contributed by atoms with Gasteiger partial charge in [0.15, 0.2) is 10.8 Å². The van der Waals surface area contributed by atoms with E-state index in [4.69, 9.17) is 0 Å². The molecular weight excluding hydrogens is 437 g/mol.